The molecule has 0 radical (unpaired) electrons. The van der Waals surface area contributed by atoms with E-state index in [9.17, 15) is 9.18 Å². The maximum atomic E-state index is 13.2. The Bertz CT molecular complexity index is 496. The molecule has 2 saturated heterocycles. The minimum atomic E-state index is -0.461. The number of hydrogen-bond donors (Lipinski definition) is 1. The number of amides is 1. The Morgan fingerprint density at radius 2 is 2.10 bits per heavy atom. The van der Waals surface area contributed by atoms with Crippen molar-refractivity contribution in [1.82, 2.24) is 15.2 Å². The first-order chi connectivity index (χ1) is 9.67. The number of rotatable bonds is 3. The van der Waals surface area contributed by atoms with Gasteiger partial charge in [-0.2, -0.15) is 0 Å². The normalized spacial score (nSPS) is 28.4. The van der Waals surface area contributed by atoms with Gasteiger partial charge >= 0.3 is 0 Å². The zero-order valence-corrected chi connectivity index (χ0v) is 11.7. The Hall–Kier alpha value is -1.49. The fraction of sp³-hybridized carbons (Fsp3) is 0.600. The van der Waals surface area contributed by atoms with Gasteiger partial charge in [-0.05, 0) is 38.7 Å². The molecule has 1 aromatic heterocycles. The first-order valence-electron chi connectivity index (χ1n) is 7.35. The van der Waals surface area contributed by atoms with Crippen LogP contribution in [-0.2, 0) is 0 Å². The van der Waals surface area contributed by atoms with Gasteiger partial charge in [0.25, 0.3) is 5.91 Å². The van der Waals surface area contributed by atoms with Crippen molar-refractivity contribution in [3.8, 4) is 0 Å². The number of hydrogen-bond acceptors (Lipinski definition) is 3. The second-order valence-corrected chi connectivity index (χ2v) is 5.75. The quantitative estimate of drug-likeness (QED) is 0.918. The number of carbonyl (C=O) groups excluding carboxylic acids is 1. The van der Waals surface area contributed by atoms with Crippen LogP contribution in [0.1, 0.15) is 43.0 Å². The molecule has 2 aliphatic rings. The van der Waals surface area contributed by atoms with E-state index in [1.807, 2.05) is 11.8 Å². The van der Waals surface area contributed by atoms with E-state index >= 15 is 0 Å². The zero-order chi connectivity index (χ0) is 14.1. The van der Waals surface area contributed by atoms with Crippen molar-refractivity contribution in [2.45, 2.75) is 50.7 Å². The summed E-state index contributed by atoms with van der Waals surface area (Å²) in [5.74, 6) is -0.567. The number of aromatic nitrogens is 1. The summed E-state index contributed by atoms with van der Waals surface area (Å²) in [4.78, 5) is 18.2. The highest BCUT2D eigenvalue weighted by Crippen LogP contribution is 2.30. The van der Waals surface area contributed by atoms with Crippen molar-refractivity contribution in [3.05, 3.63) is 29.8 Å². The van der Waals surface area contributed by atoms with Crippen molar-refractivity contribution in [3.63, 3.8) is 0 Å². The number of nitrogens with one attached hydrogen (secondary N) is 1. The largest absolute Gasteiger partial charge is 0.336 e. The Morgan fingerprint density at radius 1 is 1.40 bits per heavy atom. The summed E-state index contributed by atoms with van der Waals surface area (Å²) in [6.45, 7) is 2.63. The highest BCUT2D eigenvalue weighted by Gasteiger charge is 2.37. The van der Waals surface area contributed by atoms with Gasteiger partial charge in [-0.15, -0.1) is 0 Å². The van der Waals surface area contributed by atoms with Crippen LogP contribution in [0.5, 0.6) is 0 Å². The van der Waals surface area contributed by atoms with Crippen LogP contribution < -0.4 is 5.32 Å². The molecule has 2 aliphatic heterocycles. The molecule has 3 rings (SSSR count). The standard InChI is InChI=1S/C15H20FN3O/c1-2-19(14-6-12-3-4-13(7-14)18-12)15(20)10-5-11(16)9-17-8-10/h5,8-9,12-14,18H,2-4,6-7H2,1H3. The highest BCUT2D eigenvalue weighted by molar-refractivity contribution is 5.94. The topological polar surface area (TPSA) is 45.2 Å². The van der Waals surface area contributed by atoms with E-state index in [-0.39, 0.29) is 11.9 Å². The molecule has 1 N–H and O–H groups in total. The molecule has 2 atom stereocenters. The lowest BCUT2D eigenvalue weighted by molar-refractivity contribution is 0.0630. The maximum absolute atomic E-state index is 13.2. The van der Waals surface area contributed by atoms with Gasteiger partial charge in [0.05, 0.1) is 11.8 Å². The molecule has 2 fully saturated rings. The van der Waals surface area contributed by atoms with Crippen LogP contribution in [0.4, 0.5) is 4.39 Å². The predicted molar refractivity (Wildman–Crippen MR) is 73.9 cm³/mol. The summed E-state index contributed by atoms with van der Waals surface area (Å²) >= 11 is 0. The zero-order valence-electron chi connectivity index (χ0n) is 11.7. The molecule has 2 bridgehead atoms. The number of halogens is 1. The molecule has 0 aliphatic carbocycles. The van der Waals surface area contributed by atoms with Gasteiger partial charge in [0.1, 0.15) is 5.82 Å². The Kier molecular flexibility index (Phi) is 3.70. The van der Waals surface area contributed by atoms with E-state index in [1.165, 1.54) is 25.1 Å². The minimum absolute atomic E-state index is 0.106. The van der Waals surface area contributed by atoms with Crippen LogP contribution in [0.25, 0.3) is 0 Å². The number of nitrogens with zero attached hydrogens (tertiary/aromatic N) is 2. The molecule has 20 heavy (non-hydrogen) atoms. The van der Waals surface area contributed by atoms with E-state index in [0.29, 0.717) is 24.2 Å². The summed E-state index contributed by atoms with van der Waals surface area (Å²) in [6.07, 6.45) is 6.97. The van der Waals surface area contributed by atoms with E-state index in [1.54, 1.807) is 0 Å². The van der Waals surface area contributed by atoms with Gasteiger partial charge < -0.3 is 10.2 Å². The summed E-state index contributed by atoms with van der Waals surface area (Å²) < 4.78 is 13.2. The molecule has 4 nitrogen and oxygen atoms in total. The fourth-order valence-corrected chi connectivity index (χ4v) is 3.54. The van der Waals surface area contributed by atoms with Crippen LogP contribution in [0.2, 0.25) is 0 Å². The first kappa shape index (κ1) is 13.5. The number of carbonyl (C=O) groups is 1. The SMILES string of the molecule is CCN(C(=O)c1cncc(F)c1)C1CC2CCC(C1)N2. The second kappa shape index (κ2) is 5.48. The molecule has 1 aromatic rings. The molecule has 108 valence electrons. The van der Waals surface area contributed by atoms with Crippen LogP contribution in [0.15, 0.2) is 18.5 Å². The van der Waals surface area contributed by atoms with Crippen molar-refractivity contribution >= 4 is 5.91 Å². The molecule has 0 aromatic carbocycles. The lowest BCUT2D eigenvalue weighted by Crippen LogP contribution is -2.50. The third-order valence-electron chi connectivity index (χ3n) is 4.44. The lowest BCUT2D eigenvalue weighted by Gasteiger charge is -2.37. The van der Waals surface area contributed by atoms with Crippen molar-refractivity contribution in [2.24, 2.45) is 0 Å². The van der Waals surface area contributed by atoms with Crippen molar-refractivity contribution in [2.75, 3.05) is 6.54 Å². The van der Waals surface area contributed by atoms with Gasteiger partial charge in [-0.25, -0.2) is 4.39 Å². The highest BCUT2D eigenvalue weighted by atomic mass is 19.1. The second-order valence-electron chi connectivity index (χ2n) is 5.75. The average molecular weight is 277 g/mol. The predicted octanol–water partition coefficient (Wildman–Crippen LogP) is 1.97. The van der Waals surface area contributed by atoms with Crippen molar-refractivity contribution in [1.29, 1.82) is 0 Å². The van der Waals surface area contributed by atoms with E-state index in [4.69, 9.17) is 0 Å². The van der Waals surface area contributed by atoms with E-state index in [0.717, 1.165) is 19.0 Å². The van der Waals surface area contributed by atoms with Gasteiger partial charge in [-0.1, -0.05) is 0 Å². The summed E-state index contributed by atoms with van der Waals surface area (Å²) in [7, 11) is 0. The molecule has 0 spiro atoms. The lowest BCUT2D eigenvalue weighted by atomic mass is 9.97. The monoisotopic (exact) mass is 277 g/mol. The third-order valence-corrected chi connectivity index (χ3v) is 4.44. The third kappa shape index (κ3) is 2.54. The summed E-state index contributed by atoms with van der Waals surface area (Å²) in [5.41, 5.74) is 0.345. The number of pyridine rings is 1. The molecule has 2 unspecified atom stereocenters. The van der Waals surface area contributed by atoms with E-state index in [2.05, 4.69) is 10.3 Å². The van der Waals surface area contributed by atoms with Crippen LogP contribution in [0, 0.1) is 5.82 Å². The minimum Gasteiger partial charge on any atom is -0.336 e. The van der Waals surface area contributed by atoms with Gasteiger partial charge in [0, 0.05) is 30.9 Å². The van der Waals surface area contributed by atoms with Crippen LogP contribution >= 0.6 is 0 Å². The number of fused-ring (bicyclic) bond motifs is 2. The molecular weight excluding hydrogens is 257 g/mol. The van der Waals surface area contributed by atoms with Gasteiger partial charge in [0.2, 0.25) is 0 Å². The summed E-state index contributed by atoms with van der Waals surface area (Å²) in [6, 6.07) is 2.60. The molecule has 3 heterocycles. The Balaban J connectivity index is 1.77. The van der Waals surface area contributed by atoms with Gasteiger partial charge in [-0.3, -0.25) is 9.78 Å². The van der Waals surface area contributed by atoms with Crippen molar-refractivity contribution < 1.29 is 9.18 Å². The summed E-state index contributed by atoms with van der Waals surface area (Å²) in [5, 5.41) is 3.58. The smallest absolute Gasteiger partial charge is 0.255 e. The van der Waals surface area contributed by atoms with E-state index < -0.39 is 5.82 Å². The molecular formula is C15H20FN3O. The van der Waals surface area contributed by atoms with Crippen LogP contribution in [-0.4, -0.2) is 40.5 Å². The molecule has 5 heteroatoms. The molecule has 0 saturated carbocycles. The first-order valence-corrected chi connectivity index (χ1v) is 7.35. The average Bonchev–Trinajstić information content (AvgIpc) is 2.78. The fourth-order valence-electron chi connectivity index (χ4n) is 3.54. The number of piperidine rings is 1. The van der Waals surface area contributed by atoms with Crippen LogP contribution in [0.3, 0.4) is 0 Å². The Labute approximate surface area is 118 Å². The van der Waals surface area contributed by atoms with Gasteiger partial charge in [0.15, 0.2) is 0 Å². The molecule has 1 amide bonds. The maximum Gasteiger partial charge on any atom is 0.255 e. The Morgan fingerprint density at radius 3 is 2.70 bits per heavy atom.